The molecule has 1 rings (SSSR count). The van der Waals surface area contributed by atoms with Gasteiger partial charge >= 0.3 is 12.1 Å². The van der Waals surface area contributed by atoms with Crippen molar-refractivity contribution in [3.05, 3.63) is 41.2 Å². The lowest BCUT2D eigenvalue weighted by Crippen LogP contribution is -2.08. The fraction of sp³-hybridized carbons (Fsp3) is 0.250. The van der Waals surface area contributed by atoms with Crippen molar-refractivity contribution in [1.29, 1.82) is 0 Å². The fourth-order valence-corrected chi connectivity index (χ4v) is 1.31. The third kappa shape index (κ3) is 3.87. The second kappa shape index (κ2) is 5.66. The zero-order chi connectivity index (χ0) is 13.8. The van der Waals surface area contributed by atoms with Gasteiger partial charge in [-0.1, -0.05) is 24.3 Å². The molecule has 98 valence electrons. The Morgan fingerprint density at radius 1 is 1.33 bits per heavy atom. The Morgan fingerprint density at radius 2 is 2.00 bits per heavy atom. The molecule has 0 heterocycles. The van der Waals surface area contributed by atoms with Crippen LogP contribution in [0.1, 0.15) is 24.0 Å². The molecular formula is C12H10F4O2. The predicted molar refractivity (Wildman–Crippen MR) is 57.3 cm³/mol. The monoisotopic (exact) mass is 262 g/mol. The summed E-state index contributed by atoms with van der Waals surface area (Å²) in [6, 6.07) is 2.95. The van der Waals surface area contributed by atoms with Crippen molar-refractivity contribution in [2.45, 2.75) is 19.0 Å². The molecule has 0 radical (unpaired) electrons. The number of hydrogen-bond acceptors (Lipinski definition) is 1. The van der Waals surface area contributed by atoms with Gasteiger partial charge in [-0.3, -0.25) is 4.79 Å². The molecule has 0 aliphatic heterocycles. The largest absolute Gasteiger partial charge is 0.481 e. The molecule has 1 aromatic rings. The molecule has 0 saturated carbocycles. The first-order valence-corrected chi connectivity index (χ1v) is 5.06. The SMILES string of the molecule is O=C(O)CCC=Cc1cccc(C(F)(F)F)c1F. The molecule has 0 fully saturated rings. The number of aliphatic carboxylic acids is 1. The maximum atomic E-state index is 13.5. The van der Waals surface area contributed by atoms with Crippen molar-refractivity contribution in [2.75, 3.05) is 0 Å². The van der Waals surface area contributed by atoms with Crippen LogP contribution in [0.4, 0.5) is 17.6 Å². The number of carboxylic acid groups (broad SMARTS) is 1. The van der Waals surface area contributed by atoms with Crippen LogP contribution in [0.3, 0.4) is 0 Å². The number of hydrogen-bond donors (Lipinski definition) is 1. The Morgan fingerprint density at radius 3 is 2.56 bits per heavy atom. The quantitative estimate of drug-likeness (QED) is 0.839. The van der Waals surface area contributed by atoms with Crippen molar-refractivity contribution in [1.82, 2.24) is 0 Å². The topological polar surface area (TPSA) is 37.3 Å². The summed E-state index contributed by atoms with van der Waals surface area (Å²) in [6.07, 6.45) is -2.29. The number of alkyl halides is 3. The molecule has 0 bridgehead atoms. The normalized spacial score (nSPS) is 12.0. The van der Waals surface area contributed by atoms with Gasteiger partial charge in [-0.15, -0.1) is 0 Å². The molecule has 0 saturated heterocycles. The van der Waals surface area contributed by atoms with E-state index in [0.29, 0.717) is 6.07 Å². The van der Waals surface area contributed by atoms with Crippen molar-refractivity contribution in [2.24, 2.45) is 0 Å². The minimum atomic E-state index is -4.74. The second-order valence-corrected chi connectivity index (χ2v) is 3.54. The van der Waals surface area contributed by atoms with Crippen LogP contribution in [0, 0.1) is 5.82 Å². The van der Waals surface area contributed by atoms with Crippen LogP contribution >= 0.6 is 0 Å². The highest BCUT2D eigenvalue weighted by molar-refractivity contribution is 5.67. The molecule has 0 atom stereocenters. The van der Waals surface area contributed by atoms with Crippen LogP contribution < -0.4 is 0 Å². The summed E-state index contributed by atoms with van der Waals surface area (Å²) >= 11 is 0. The van der Waals surface area contributed by atoms with E-state index in [0.717, 1.165) is 12.1 Å². The minimum Gasteiger partial charge on any atom is -0.481 e. The van der Waals surface area contributed by atoms with Crippen LogP contribution in [-0.4, -0.2) is 11.1 Å². The molecule has 0 aliphatic carbocycles. The number of benzene rings is 1. The van der Waals surface area contributed by atoms with Gasteiger partial charge in [-0.2, -0.15) is 13.2 Å². The zero-order valence-electron chi connectivity index (χ0n) is 9.17. The van der Waals surface area contributed by atoms with Crippen LogP contribution in [0.2, 0.25) is 0 Å². The van der Waals surface area contributed by atoms with Gasteiger partial charge in [-0.05, 0) is 12.5 Å². The first kappa shape index (κ1) is 14.2. The minimum absolute atomic E-state index is 0.130. The summed E-state index contributed by atoms with van der Waals surface area (Å²) in [5.74, 6) is -2.37. The second-order valence-electron chi connectivity index (χ2n) is 3.54. The Bertz CT molecular complexity index is 464. The Balaban J connectivity index is 2.88. The Hall–Kier alpha value is -1.85. The summed E-state index contributed by atoms with van der Waals surface area (Å²) in [7, 11) is 0. The van der Waals surface area contributed by atoms with E-state index in [9.17, 15) is 22.4 Å². The highest BCUT2D eigenvalue weighted by Gasteiger charge is 2.34. The van der Waals surface area contributed by atoms with Crippen LogP contribution in [-0.2, 0) is 11.0 Å². The van der Waals surface area contributed by atoms with E-state index >= 15 is 0 Å². The van der Waals surface area contributed by atoms with E-state index in [1.54, 1.807) is 0 Å². The van der Waals surface area contributed by atoms with Gasteiger partial charge < -0.3 is 5.11 Å². The standard InChI is InChI=1S/C12H10F4O2/c13-11-8(4-1-2-7-10(17)18)5-3-6-9(11)12(14,15)16/h1,3-6H,2,7H2,(H,17,18). The highest BCUT2D eigenvalue weighted by Crippen LogP contribution is 2.32. The summed E-state index contributed by atoms with van der Waals surface area (Å²) in [4.78, 5) is 10.2. The van der Waals surface area contributed by atoms with Gasteiger partial charge in [0.1, 0.15) is 5.82 Å². The summed E-state index contributed by atoms with van der Waals surface area (Å²) in [5.41, 5.74) is -1.54. The van der Waals surface area contributed by atoms with Crippen molar-refractivity contribution < 1.29 is 27.5 Å². The zero-order valence-corrected chi connectivity index (χ0v) is 9.17. The molecule has 0 aliphatic rings. The van der Waals surface area contributed by atoms with E-state index in [2.05, 4.69) is 0 Å². The molecule has 0 amide bonds. The third-order valence-corrected chi connectivity index (χ3v) is 2.16. The van der Waals surface area contributed by atoms with E-state index in [1.165, 1.54) is 12.1 Å². The summed E-state index contributed by atoms with van der Waals surface area (Å²) in [6.45, 7) is 0. The maximum absolute atomic E-state index is 13.5. The molecule has 1 aromatic carbocycles. The average molecular weight is 262 g/mol. The number of allylic oxidation sites excluding steroid dienone is 1. The number of halogens is 4. The molecule has 0 spiro atoms. The first-order valence-electron chi connectivity index (χ1n) is 5.06. The molecule has 0 unspecified atom stereocenters. The maximum Gasteiger partial charge on any atom is 0.419 e. The molecule has 0 aromatic heterocycles. The lowest BCUT2D eigenvalue weighted by atomic mass is 10.1. The number of carbonyl (C=O) groups is 1. The average Bonchev–Trinajstić information content (AvgIpc) is 2.24. The van der Waals surface area contributed by atoms with Gasteiger partial charge in [0, 0.05) is 12.0 Å². The van der Waals surface area contributed by atoms with Gasteiger partial charge in [0.25, 0.3) is 0 Å². The summed E-state index contributed by atoms with van der Waals surface area (Å²) < 4.78 is 50.6. The van der Waals surface area contributed by atoms with Crippen LogP contribution in [0.25, 0.3) is 6.08 Å². The Kier molecular flexibility index (Phi) is 4.47. The lowest BCUT2D eigenvalue weighted by molar-refractivity contribution is -0.140. The van der Waals surface area contributed by atoms with E-state index in [1.807, 2.05) is 0 Å². The molecule has 18 heavy (non-hydrogen) atoms. The first-order chi connectivity index (χ1) is 8.32. The summed E-state index contributed by atoms with van der Waals surface area (Å²) in [5, 5.41) is 8.36. The predicted octanol–water partition coefficient (Wildman–Crippen LogP) is 3.72. The molecule has 1 N–H and O–H groups in total. The molecule has 2 nitrogen and oxygen atoms in total. The lowest BCUT2D eigenvalue weighted by Gasteiger charge is -2.09. The third-order valence-electron chi connectivity index (χ3n) is 2.16. The van der Waals surface area contributed by atoms with Gasteiger partial charge in [-0.25, -0.2) is 4.39 Å². The van der Waals surface area contributed by atoms with Gasteiger partial charge in [0.05, 0.1) is 5.56 Å². The van der Waals surface area contributed by atoms with Crippen LogP contribution in [0.5, 0.6) is 0 Å². The molecular weight excluding hydrogens is 252 g/mol. The molecule has 6 heteroatoms. The van der Waals surface area contributed by atoms with Gasteiger partial charge in [0.2, 0.25) is 0 Å². The smallest absolute Gasteiger partial charge is 0.419 e. The van der Waals surface area contributed by atoms with Crippen LogP contribution in [0.15, 0.2) is 24.3 Å². The van der Waals surface area contributed by atoms with E-state index < -0.39 is 23.5 Å². The fourth-order valence-electron chi connectivity index (χ4n) is 1.31. The Labute approximate surface area is 101 Å². The highest BCUT2D eigenvalue weighted by atomic mass is 19.4. The van der Waals surface area contributed by atoms with Crippen molar-refractivity contribution in [3.8, 4) is 0 Å². The van der Waals surface area contributed by atoms with Gasteiger partial charge in [0.15, 0.2) is 0 Å². The van der Waals surface area contributed by atoms with E-state index in [-0.39, 0.29) is 18.4 Å². The van der Waals surface area contributed by atoms with Crippen molar-refractivity contribution >= 4 is 12.0 Å². The van der Waals surface area contributed by atoms with E-state index in [4.69, 9.17) is 5.11 Å². The number of rotatable bonds is 4. The van der Waals surface area contributed by atoms with Crippen molar-refractivity contribution in [3.63, 3.8) is 0 Å². The number of carboxylic acids is 1.